The minimum atomic E-state index is -3.77. The minimum absolute atomic E-state index is 0.0220. The van der Waals surface area contributed by atoms with Crippen LogP contribution in [0.3, 0.4) is 0 Å². The lowest BCUT2D eigenvalue weighted by Crippen LogP contribution is -2.18. The lowest BCUT2D eigenvalue weighted by Gasteiger charge is -2.02. The van der Waals surface area contributed by atoms with E-state index in [1.807, 2.05) is 0 Å². The van der Waals surface area contributed by atoms with E-state index in [-0.39, 0.29) is 15.9 Å². The molecule has 4 N–H and O–H groups in total. The molecule has 2 aromatic rings. The van der Waals surface area contributed by atoms with Crippen molar-refractivity contribution in [2.75, 3.05) is 0 Å². The number of hydrogen-bond acceptors (Lipinski definition) is 6. The molecule has 0 radical (unpaired) electrons. The standard InChI is InChI=1S/C16H13N3O4S2/c17-25(22,23)12-7-5-11(6-8-12)18-15-14(24-16(21)19-15)9-10-3-1-2-4-13(10)20/h1-9,20H,(H2,17,22,23)(H,18,19,21)/b14-9-. The Labute approximate surface area is 148 Å². The van der Waals surface area contributed by atoms with Crippen LogP contribution in [0.4, 0.5) is 10.5 Å². The van der Waals surface area contributed by atoms with Crippen LogP contribution in [-0.2, 0) is 10.0 Å². The number of amides is 1. The third kappa shape index (κ3) is 4.08. The fraction of sp³-hybridized carbons (Fsp3) is 0. The molecule has 1 amide bonds. The zero-order valence-corrected chi connectivity index (χ0v) is 14.3. The van der Waals surface area contributed by atoms with Gasteiger partial charge in [-0.1, -0.05) is 18.2 Å². The Balaban J connectivity index is 1.95. The third-order valence-electron chi connectivity index (χ3n) is 3.29. The number of sulfonamides is 1. The predicted octanol–water partition coefficient (Wildman–Crippen LogP) is 2.57. The molecule has 1 fully saturated rings. The number of thioether (sulfide) groups is 1. The number of phenols is 1. The first-order valence-electron chi connectivity index (χ1n) is 7.03. The van der Waals surface area contributed by atoms with E-state index in [0.29, 0.717) is 22.0 Å². The van der Waals surface area contributed by atoms with Crippen molar-refractivity contribution in [1.29, 1.82) is 0 Å². The van der Waals surface area contributed by atoms with Crippen molar-refractivity contribution in [3.05, 3.63) is 59.0 Å². The number of para-hydroxylation sites is 1. The summed E-state index contributed by atoms with van der Waals surface area (Å²) in [5.74, 6) is 0.411. The van der Waals surface area contributed by atoms with Gasteiger partial charge in [0.2, 0.25) is 10.0 Å². The van der Waals surface area contributed by atoms with E-state index < -0.39 is 10.0 Å². The molecule has 0 aromatic heterocycles. The van der Waals surface area contributed by atoms with E-state index >= 15 is 0 Å². The molecule has 7 nitrogen and oxygen atoms in total. The van der Waals surface area contributed by atoms with Gasteiger partial charge >= 0.3 is 0 Å². The Bertz CT molecular complexity index is 996. The number of aromatic hydroxyl groups is 1. The molecule has 9 heteroatoms. The van der Waals surface area contributed by atoms with Gasteiger partial charge in [0.05, 0.1) is 15.5 Å². The van der Waals surface area contributed by atoms with Gasteiger partial charge in [-0.3, -0.25) is 4.79 Å². The molecule has 0 atom stereocenters. The number of aliphatic imine (C=N–C) groups is 1. The lowest BCUT2D eigenvalue weighted by atomic mass is 10.2. The molecule has 0 aliphatic carbocycles. The number of benzene rings is 2. The summed E-state index contributed by atoms with van der Waals surface area (Å²) in [4.78, 5) is 16.5. The molecule has 25 heavy (non-hydrogen) atoms. The zero-order valence-electron chi connectivity index (χ0n) is 12.7. The van der Waals surface area contributed by atoms with Gasteiger partial charge < -0.3 is 10.4 Å². The van der Waals surface area contributed by atoms with Crippen LogP contribution >= 0.6 is 11.8 Å². The fourth-order valence-corrected chi connectivity index (χ4v) is 3.35. The van der Waals surface area contributed by atoms with Crippen LogP contribution < -0.4 is 10.5 Å². The molecular weight excluding hydrogens is 362 g/mol. The van der Waals surface area contributed by atoms with Crippen molar-refractivity contribution in [3.63, 3.8) is 0 Å². The summed E-state index contributed by atoms with van der Waals surface area (Å²) in [6.07, 6.45) is 1.65. The Kier molecular flexibility index (Phi) is 4.62. The van der Waals surface area contributed by atoms with Crippen LogP contribution in [0.5, 0.6) is 5.75 Å². The quantitative estimate of drug-likeness (QED) is 0.761. The predicted molar refractivity (Wildman–Crippen MR) is 97.1 cm³/mol. The normalized spacial score (nSPS) is 17.9. The van der Waals surface area contributed by atoms with Gasteiger partial charge in [0, 0.05) is 5.56 Å². The van der Waals surface area contributed by atoms with E-state index in [4.69, 9.17) is 5.14 Å². The van der Waals surface area contributed by atoms with E-state index in [2.05, 4.69) is 10.3 Å². The molecule has 1 saturated heterocycles. The number of carbonyl (C=O) groups excluding carboxylic acids is 1. The summed E-state index contributed by atoms with van der Waals surface area (Å²) >= 11 is 0.957. The second-order valence-electron chi connectivity index (χ2n) is 5.08. The average molecular weight is 375 g/mol. The van der Waals surface area contributed by atoms with Gasteiger partial charge in [0.25, 0.3) is 5.24 Å². The second-order valence-corrected chi connectivity index (χ2v) is 7.66. The molecule has 1 aliphatic heterocycles. The van der Waals surface area contributed by atoms with Crippen molar-refractivity contribution in [2.24, 2.45) is 10.1 Å². The van der Waals surface area contributed by atoms with Crippen LogP contribution in [0, 0.1) is 0 Å². The maximum atomic E-state index is 11.7. The summed E-state index contributed by atoms with van der Waals surface area (Å²) < 4.78 is 22.5. The summed E-state index contributed by atoms with van der Waals surface area (Å²) in [7, 11) is -3.77. The molecule has 0 bridgehead atoms. The zero-order chi connectivity index (χ0) is 18.0. The second kappa shape index (κ2) is 6.71. The first-order valence-corrected chi connectivity index (χ1v) is 9.40. The number of rotatable bonds is 3. The number of primary sulfonamides is 1. The molecule has 0 saturated carbocycles. The summed E-state index contributed by atoms with van der Waals surface area (Å²) in [6, 6.07) is 12.4. The molecule has 1 aliphatic rings. The Morgan fingerprint density at radius 1 is 1.12 bits per heavy atom. The van der Waals surface area contributed by atoms with Crippen LogP contribution in [0.15, 0.2) is 63.3 Å². The van der Waals surface area contributed by atoms with E-state index in [1.165, 1.54) is 24.3 Å². The van der Waals surface area contributed by atoms with Crippen molar-refractivity contribution < 1.29 is 18.3 Å². The van der Waals surface area contributed by atoms with Gasteiger partial charge in [-0.15, -0.1) is 0 Å². The highest BCUT2D eigenvalue weighted by Gasteiger charge is 2.24. The number of phenolic OH excluding ortho intramolecular Hbond substituents is 1. The number of nitrogens with one attached hydrogen (secondary N) is 1. The third-order valence-corrected chi connectivity index (χ3v) is 5.03. The molecule has 2 aromatic carbocycles. The largest absolute Gasteiger partial charge is 0.507 e. The lowest BCUT2D eigenvalue weighted by molar-refractivity contribution is 0.265. The van der Waals surface area contributed by atoms with Crippen LogP contribution in [0.2, 0.25) is 0 Å². The van der Waals surface area contributed by atoms with Crippen LogP contribution in [-0.4, -0.2) is 24.6 Å². The maximum Gasteiger partial charge on any atom is 0.289 e. The summed E-state index contributed by atoms with van der Waals surface area (Å²) in [5.41, 5.74) is 1.01. The van der Waals surface area contributed by atoms with Crippen molar-refractivity contribution in [1.82, 2.24) is 5.32 Å². The SMILES string of the molecule is NS(=O)(=O)c1ccc(N=C2NC(=O)S/C2=C\c2ccccc2O)cc1. The molecule has 1 heterocycles. The Hall–Kier alpha value is -2.62. The van der Waals surface area contributed by atoms with Crippen molar-refractivity contribution >= 4 is 44.6 Å². The maximum absolute atomic E-state index is 11.7. The van der Waals surface area contributed by atoms with Crippen molar-refractivity contribution in [2.45, 2.75) is 4.90 Å². The highest BCUT2D eigenvalue weighted by atomic mass is 32.2. The minimum Gasteiger partial charge on any atom is -0.507 e. The van der Waals surface area contributed by atoms with E-state index in [1.54, 1.807) is 30.3 Å². The number of amidine groups is 1. The molecule has 128 valence electrons. The Morgan fingerprint density at radius 3 is 2.44 bits per heavy atom. The molecule has 0 unspecified atom stereocenters. The first-order chi connectivity index (χ1) is 11.8. The number of hydrogen-bond donors (Lipinski definition) is 3. The highest BCUT2D eigenvalue weighted by molar-refractivity contribution is 8.18. The summed E-state index contributed by atoms with van der Waals surface area (Å²) in [6.45, 7) is 0. The number of nitrogens with two attached hydrogens (primary N) is 1. The topological polar surface area (TPSA) is 122 Å². The average Bonchev–Trinajstić information content (AvgIpc) is 2.88. The van der Waals surface area contributed by atoms with Gasteiger partial charge in [0.15, 0.2) is 0 Å². The van der Waals surface area contributed by atoms with Crippen molar-refractivity contribution in [3.8, 4) is 5.75 Å². The van der Waals surface area contributed by atoms with Gasteiger partial charge in [-0.2, -0.15) is 0 Å². The Morgan fingerprint density at radius 2 is 1.80 bits per heavy atom. The fourth-order valence-electron chi connectivity index (χ4n) is 2.10. The monoisotopic (exact) mass is 375 g/mol. The number of carbonyl (C=O) groups is 1. The molecule has 3 rings (SSSR count). The number of nitrogens with zero attached hydrogens (tertiary/aromatic N) is 1. The highest BCUT2D eigenvalue weighted by Crippen LogP contribution is 2.30. The van der Waals surface area contributed by atoms with Crippen LogP contribution in [0.25, 0.3) is 6.08 Å². The van der Waals surface area contributed by atoms with Crippen LogP contribution in [0.1, 0.15) is 5.56 Å². The van der Waals surface area contributed by atoms with E-state index in [9.17, 15) is 18.3 Å². The first kappa shape index (κ1) is 17.2. The molecule has 0 spiro atoms. The summed E-state index contributed by atoms with van der Waals surface area (Å²) in [5, 5.41) is 17.2. The van der Waals surface area contributed by atoms with Gasteiger partial charge in [0.1, 0.15) is 11.6 Å². The molecular formula is C16H13N3O4S2. The van der Waals surface area contributed by atoms with E-state index in [0.717, 1.165) is 11.8 Å². The van der Waals surface area contributed by atoms with Gasteiger partial charge in [-0.05, 0) is 48.2 Å². The smallest absolute Gasteiger partial charge is 0.289 e. The van der Waals surface area contributed by atoms with Gasteiger partial charge in [-0.25, -0.2) is 18.5 Å².